The number of aliphatic hydroxyl groups is 2. The average molecular weight is 332 g/mol. The largest absolute Gasteiger partial charge is 0.478 e. The lowest BCUT2D eigenvalue weighted by Gasteiger charge is -2.12. The van der Waals surface area contributed by atoms with Gasteiger partial charge in [0, 0.05) is 32.0 Å². The number of anilines is 1. The Morgan fingerprint density at radius 3 is 2.32 bits per heavy atom. The smallest absolute Gasteiger partial charge is 0.337 e. The van der Waals surface area contributed by atoms with Crippen molar-refractivity contribution in [3.8, 4) is 0 Å². The molecule has 0 aromatic heterocycles. The standard InChI is InChI=1S/C13H20N2O6S/c16-7-1-5-14-12-4-3-10(9-11(12)13(18)19)22(20,21)15-6-2-8-17/h3-4,9,14-17H,1-2,5-8H2,(H,18,19). The fraction of sp³-hybridized carbons (Fsp3) is 0.462. The Morgan fingerprint density at radius 2 is 1.73 bits per heavy atom. The minimum Gasteiger partial charge on any atom is -0.478 e. The number of aliphatic hydroxyl groups excluding tert-OH is 2. The molecule has 0 bridgehead atoms. The molecule has 0 aliphatic rings. The van der Waals surface area contributed by atoms with Gasteiger partial charge in [-0.1, -0.05) is 0 Å². The highest BCUT2D eigenvalue weighted by atomic mass is 32.2. The van der Waals surface area contributed by atoms with Crippen LogP contribution in [0.5, 0.6) is 0 Å². The van der Waals surface area contributed by atoms with Crippen LogP contribution in [-0.4, -0.2) is 56.0 Å². The second-order valence-corrected chi connectivity index (χ2v) is 6.26. The maximum Gasteiger partial charge on any atom is 0.337 e. The Morgan fingerprint density at radius 1 is 1.09 bits per heavy atom. The molecule has 1 rings (SSSR count). The first-order chi connectivity index (χ1) is 10.4. The molecular weight excluding hydrogens is 312 g/mol. The Kier molecular flexibility index (Phi) is 7.25. The highest BCUT2D eigenvalue weighted by Crippen LogP contribution is 2.20. The van der Waals surface area contributed by atoms with Crippen molar-refractivity contribution in [1.29, 1.82) is 0 Å². The molecule has 0 heterocycles. The fourth-order valence-corrected chi connectivity index (χ4v) is 2.79. The van der Waals surface area contributed by atoms with E-state index in [2.05, 4.69) is 10.0 Å². The first-order valence-electron chi connectivity index (χ1n) is 6.75. The summed E-state index contributed by atoms with van der Waals surface area (Å²) in [6.07, 6.45) is 0.716. The lowest BCUT2D eigenvalue weighted by molar-refractivity contribution is 0.0697. The van der Waals surface area contributed by atoms with Crippen LogP contribution in [0.25, 0.3) is 0 Å². The van der Waals surface area contributed by atoms with E-state index >= 15 is 0 Å². The Bertz CT molecular complexity index is 603. The molecule has 22 heavy (non-hydrogen) atoms. The van der Waals surface area contributed by atoms with Gasteiger partial charge in [0.15, 0.2) is 0 Å². The van der Waals surface area contributed by atoms with E-state index in [1.165, 1.54) is 12.1 Å². The van der Waals surface area contributed by atoms with E-state index in [4.69, 9.17) is 10.2 Å². The lowest BCUT2D eigenvalue weighted by atomic mass is 10.2. The molecule has 9 heteroatoms. The average Bonchev–Trinajstić information content (AvgIpc) is 2.47. The molecule has 0 aliphatic carbocycles. The van der Waals surface area contributed by atoms with E-state index in [9.17, 15) is 18.3 Å². The molecule has 0 atom stereocenters. The Labute approximate surface area is 128 Å². The quantitative estimate of drug-likeness (QED) is 0.376. The molecule has 5 N–H and O–H groups in total. The maximum atomic E-state index is 12.0. The van der Waals surface area contributed by atoms with Gasteiger partial charge in [-0.2, -0.15) is 0 Å². The van der Waals surface area contributed by atoms with Crippen LogP contribution < -0.4 is 10.0 Å². The maximum absolute atomic E-state index is 12.0. The minimum atomic E-state index is -3.82. The van der Waals surface area contributed by atoms with Crippen LogP contribution in [0.1, 0.15) is 23.2 Å². The molecule has 124 valence electrons. The van der Waals surface area contributed by atoms with Gasteiger partial charge < -0.3 is 20.6 Å². The van der Waals surface area contributed by atoms with Crippen LogP contribution in [0, 0.1) is 0 Å². The first-order valence-corrected chi connectivity index (χ1v) is 8.23. The number of sulfonamides is 1. The molecule has 0 saturated carbocycles. The summed E-state index contributed by atoms with van der Waals surface area (Å²) < 4.78 is 26.3. The predicted molar refractivity (Wildman–Crippen MR) is 80.5 cm³/mol. The third-order valence-electron chi connectivity index (χ3n) is 2.81. The summed E-state index contributed by atoms with van der Waals surface area (Å²) in [6, 6.07) is 3.75. The second kappa shape index (κ2) is 8.69. The van der Waals surface area contributed by atoms with Gasteiger partial charge >= 0.3 is 5.97 Å². The number of carboxylic acid groups (broad SMARTS) is 1. The van der Waals surface area contributed by atoms with Gasteiger partial charge in [0.25, 0.3) is 0 Å². The summed E-state index contributed by atoms with van der Waals surface area (Å²) >= 11 is 0. The van der Waals surface area contributed by atoms with E-state index in [0.29, 0.717) is 13.0 Å². The van der Waals surface area contributed by atoms with Crippen molar-refractivity contribution in [2.24, 2.45) is 0 Å². The summed E-state index contributed by atoms with van der Waals surface area (Å²) in [5, 5.41) is 29.4. The van der Waals surface area contributed by atoms with Gasteiger partial charge in [0.1, 0.15) is 0 Å². The van der Waals surface area contributed by atoms with Crippen LogP contribution >= 0.6 is 0 Å². The van der Waals surface area contributed by atoms with Crippen LogP contribution in [0.3, 0.4) is 0 Å². The van der Waals surface area contributed by atoms with Gasteiger partial charge in [-0.15, -0.1) is 0 Å². The van der Waals surface area contributed by atoms with Crippen molar-refractivity contribution >= 4 is 21.7 Å². The molecule has 0 spiro atoms. The lowest BCUT2D eigenvalue weighted by Crippen LogP contribution is -2.25. The number of carbonyl (C=O) groups is 1. The zero-order valence-corrected chi connectivity index (χ0v) is 12.8. The number of hydrogen-bond acceptors (Lipinski definition) is 6. The van der Waals surface area contributed by atoms with Gasteiger partial charge in [0.2, 0.25) is 10.0 Å². The molecule has 0 fully saturated rings. The van der Waals surface area contributed by atoms with E-state index in [1.54, 1.807) is 0 Å². The SMILES string of the molecule is O=C(O)c1cc(S(=O)(=O)NCCCO)ccc1NCCCO. The van der Waals surface area contributed by atoms with Crippen molar-refractivity contribution in [1.82, 2.24) is 4.72 Å². The van der Waals surface area contributed by atoms with Crippen molar-refractivity contribution in [3.05, 3.63) is 23.8 Å². The van der Waals surface area contributed by atoms with E-state index < -0.39 is 16.0 Å². The zero-order valence-electron chi connectivity index (χ0n) is 11.9. The highest BCUT2D eigenvalue weighted by molar-refractivity contribution is 7.89. The van der Waals surface area contributed by atoms with Crippen molar-refractivity contribution in [2.45, 2.75) is 17.7 Å². The third kappa shape index (κ3) is 5.26. The number of hydrogen-bond donors (Lipinski definition) is 5. The Balaban J connectivity index is 2.99. The molecule has 0 saturated heterocycles. The summed E-state index contributed by atoms with van der Waals surface area (Å²) in [5.41, 5.74) is 0.123. The molecule has 8 nitrogen and oxygen atoms in total. The molecular formula is C13H20N2O6S. The fourth-order valence-electron chi connectivity index (χ4n) is 1.69. The Hall–Kier alpha value is -1.68. The van der Waals surface area contributed by atoms with Gasteiger partial charge in [0.05, 0.1) is 10.5 Å². The normalized spacial score (nSPS) is 11.4. The van der Waals surface area contributed by atoms with Crippen molar-refractivity contribution < 1.29 is 28.5 Å². The number of aromatic carboxylic acids is 1. The number of nitrogens with one attached hydrogen (secondary N) is 2. The first kappa shape index (κ1) is 18.4. The topological polar surface area (TPSA) is 136 Å². The zero-order chi connectivity index (χ0) is 16.6. The van der Waals surface area contributed by atoms with Gasteiger partial charge in [-0.25, -0.2) is 17.9 Å². The second-order valence-electron chi connectivity index (χ2n) is 4.49. The summed E-state index contributed by atoms with van der Waals surface area (Å²) in [6.45, 7) is 0.266. The van der Waals surface area contributed by atoms with Crippen molar-refractivity contribution in [2.75, 3.05) is 31.6 Å². The molecule has 0 aliphatic heterocycles. The molecule has 0 amide bonds. The van der Waals surface area contributed by atoms with Crippen LogP contribution in [-0.2, 0) is 10.0 Å². The molecule has 1 aromatic rings. The summed E-state index contributed by atoms with van der Waals surface area (Å²) in [7, 11) is -3.82. The van der Waals surface area contributed by atoms with Crippen LogP contribution in [0.2, 0.25) is 0 Å². The van der Waals surface area contributed by atoms with Crippen LogP contribution in [0.15, 0.2) is 23.1 Å². The molecule has 1 aromatic carbocycles. The molecule has 0 radical (unpaired) electrons. The summed E-state index contributed by atoms with van der Waals surface area (Å²) in [5.74, 6) is -1.25. The van der Waals surface area contributed by atoms with Gasteiger partial charge in [-0.3, -0.25) is 0 Å². The van der Waals surface area contributed by atoms with E-state index in [0.717, 1.165) is 6.07 Å². The minimum absolute atomic E-state index is 0.0311. The number of benzene rings is 1. The van der Waals surface area contributed by atoms with E-state index in [-0.39, 0.29) is 42.3 Å². The van der Waals surface area contributed by atoms with Crippen LogP contribution in [0.4, 0.5) is 5.69 Å². The molecule has 0 unspecified atom stereocenters. The van der Waals surface area contributed by atoms with E-state index in [1.807, 2.05) is 0 Å². The highest BCUT2D eigenvalue weighted by Gasteiger charge is 2.18. The number of rotatable bonds is 10. The van der Waals surface area contributed by atoms with Gasteiger partial charge in [-0.05, 0) is 31.0 Å². The number of carboxylic acids is 1. The monoisotopic (exact) mass is 332 g/mol. The summed E-state index contributed by atoms with van der Waals surface area (Å²) in [4.78, 5) is 11.1. The van der Waals surface area contributed by atoms with Crippen molar-refractivity contribution in [3.63, 3.8) is 0 Å². The third-order valence-corrected chi connectivity index (χ3v) is 4.27. The predicted octanol–water partition coefficient (Wildman–Crippen LogP) is -0.160.